The second-order valence-electron chi connectivity index (χ2n) is 5.32. The van der Waals surface area contributed by atoms with Crippen molar-refractivity contribution in [2.45, 2.75) is 26.3 Å². The normalized spacial score (nSPS) is 14.3. The largest absolute Gasteiger partial charge is 0.384 e. The molecule has 20 heavy (non-hydrogen) atoms. The minimum atomic E-state index is 0.345. The summed E-state index contributed by atoms with van der Waals surface area (Å²) >= 11 is 0. The van der Waals surface area contributed by atoms with Crippen LogP contribution in [0.15, 0.2) is 36.5 Å². The summed E-state index contributed by atoms with van der Waals surface area (Å²) in [7, 11) is 1.76. The quantitative estimate of drug-likeness (QED) is 0.837. The van der Waals surface area contributed by atoms with Gasteiger partial charge in [0.05, 0.1) is 5.52 Å². The molecule has 0 radical (unpaired) electrons. The number of hydrogen-bond acceptors (Lipinski definition) is 3. The Morgan fingerprint density at radius 1 is 1.25 bits per heavy atom. The lowest BCUT2D eigenvalue weighted by atomic mass is 9.93. The predicted octanol–water partition coefficient (Wildman–Crippen LogP) is 3.56. The molecular formula is C17H24N2O. The fourth-order valence-corrected chi connectivity index (χ4v) is 2.75. The van der Waals surface area contributed by atoms with Crippen molar-refractivity contribution in [3.63, 3.8) is 0 Å². The molecule has 3 nitrogen and oxygen atoms in total. The number of benzene rings is 1. The highest BCUT2D eigenvalue weighted by Crippen LogP contribution is 2.27. The van der Waals surface area contributed by atoms with Gasteiger partial charge in [0.1, 0.15) is 0 Å². The zero-order chi connectivity index (χ0) is 14.4. The first-order valence-electron chi connectivity index (χ1n) is 7.32. The molecule has 1 N–H and O–H groups in total. The van der Waals surface area contributed by atoms with Gasteiger partial charge in [-0.05, 0) is 36.6 Å². The zero-order valence-electron chi connectivity index (χ0n) is 12.6. The van der Waals surface area contributed by atoms with Gasteiger partial charge in [0.25, 0.3) is 0 Å². The van der Waals surface area contributed by atoms with Crippen LogP contribution in [0, 0.1) is 5.92 Å². The number of methoxy groups -OCH3 is 1. The minimum absolute atomic E-state index is 0.345. The summed E-state index contributed by atoms with van der Waals surface area (Å²) in [6.07, 6.45) is 2.91. The SMILES string of the molecule is CCNC(CC(C)COC)c1cccc2ncccc12. The number of ether oxygens (including phenoxy) is 1. The van der Waals surface area contributed by atoms with E-state index in [1.165, 1.54) is 10.9 Å². The molecule has 0 aliphatic carbocycles. The molecule has 1 aromatic heterocycles. The molecule has 0 bridgehead atoms. The summed E-state index contributed by atoms with van der Waals surface area (Å²) in [4.78, 5) is 4.45. The molecule has 2 unspecified atom stereocenters. The van der Waals surface area contributed by atoms with Crippen molar-refractivity contribution in [1.82, 2.24) is 10.3 Å². The maximum Gasteiger partial charge on any atom is 0.0705 e. The molecule has 0 saturated heterocycles. The van der Waals surface area contributed by atoms with E-state index >= 15 is 0 Å². The van der Waals surface area contributed by atoms with Crippen LogP contribution in [0.3, 0.4) is 0 Å². The van der Waals surface area contributed by atoms with Gasteiger partial charge < -0.3 is 10.1 Å². The minimum Gasteiger partial charge on any atom is -0.384 e. The van der Waals surface area contributed by atoms with Crippen LogP contribution in [0.5, 0.6) is 0 Å². The van der Waals surface area contributed by atoms with Gasteiger partial charge in [-0.1, -0.05) is 32.0 Å². The molecule has 2 atom stereocenters. The van der Waals surface area contributed by atoms with Gasteiger partial charge in [-0.25, -0.2) is 0 Å². The van der Waals surface area contributed by atoms with E-state index in [9.17, 15) is 0 Å². The Bertz CT molecular complexity index is 536. The van der Waals surface area contributed by atoms with E-state index in [-0.39, 0.29) is 0 Å². The molecule has 2 rings (SSSR count). The fraction of sp³-hybridized carbons (Fsp3) is 0.471. The van der Waals surface area contributed by atoms with Gasteiger partial charge in [0.2, 0.25) is 0 Å². The molecular weight excluding hydrogens is 248 g/mol. The Morgan fingerprint density at radius 2 is 2.10 bits per heavy atom. The van der Waals surface area contributed by atoms with Gasteiger partial charge in [-0.2, -0.15) is 0 Å². The third kappa shape index (κ3) is 3.56. The second kappa shape index (κ2) is 7.36. The van der Waals surface area contributed by atoms with Crippen molar-refractivity contribution >= 4 is 10.9 Å². The van der Waals surface area contributed by atoms with E-state index in [0.717, 1.165) is 25.1 Å². The van der Waals surface area contributed by atoms with E-state index in [0.29, 0.717) is 12.0 Å². The summed E-state index contributed by atoms with van der Waals surface area (Å²) in [5.41, 5.74) is 2.40. The Kier molecular flexibility index (Phi) is 5.50. The van der Waals surface area contributed by atoms with Crippen LogP contribution in [0.1, 0.15) is 31.9 Å². The van der Waals surface area contributed by atoms with E-state index in [2.05, 4.69) is 48.4 Å². The van der Waals surface area contributed by atoms with Crippen molar-refractivity contribution in [3.05, 3.63) is 42.1 Å². The number of rotatable bonds is 7. The van der Waals surface area contributed by atoms with E-state index in [1.807, 2.05) is 12.3 Å². The average molecular weight is 272 g/mol. The maximum absolute atomic E-state index is 5.27. The average Bonchev–Trinajstić information content (AvgIpc) is 2.46. The number of nitrogens with zero attached hydrogens (tertiary/aromatic N) is 1. The van der Waals surface area contributed by atoms with Crippen molar-refractivity contribution in [2.24, 2.45) is 5.92 Å². The molecule has 1 aromatic carbocycles. The molecule has 3 heteroatoms. The van der Waals surface area contributed by atoms with Crippen LogP contribution in [-0.4, -0.2) is 25.2 Å². The zero-order valence-corrected chi connectivity index (χ0v) is 12.6. The Morgan fingerprint density at radius 3 is 2.85 bits per heavy atom. The summed E-state index contributed by atoms with van der Waals surface area (Å²) < 4.78 is 5.27. The molecule has 0 aliphatic rings. The Balaban J connectivity index is 2.31. The van der Waals surface area contributed by atoms with Gasteiger partial charge in [0.15, 0.2) is 0 Å². The Labute approximate surface area is 121 Å². The molecule has 0 fully saturated rings. The first-order chi connectivity index (χ1) is 9.76. The molecule has 0 amide bonds. The monoisotopic (exact) mass is 272 g/mol. The van der Waals surface area contributed by atoms with Gasteiger partial charge in [-0.3, -0.25) is 4.98 Å². The first kappa shape index (κ1) is 14.9. The van der Waals surface area contributed by atoms with E-state index in [4.69, 9.17) is 4.74 Å². The van der Waals surface area contributed by atoms with E-state index in [1.54, 1.807) is 7.11 Å². The van der Waals surface area contributed by atoms with Crippen molar-refractivity contribution in [3.8, 4) is 0 Å². The number of aromatic nitrogens is 1. The molecule has 108 valence electrons. The van der Waals surface area contributed by atoms with Crippen LogP contribution in [0.25, 0.3) is 10.9 Å². The van der Waals surface area contributed by atoms with Gasteiger partial charge in [-0.15, -0.1) is 0 Å². The lowest BCUT2D eigenvalue weighted by molar-refractivity contribution is 0.149. The van der Waals surface area contributed by atoms with Crippen LogP contribution < -0.4 is 5.32 Å². The highest BCUT2D eigenvalue weighted by Gasteiger charge is 2.16. The maximum atomic E-state index is 5.27. The molecule has 0 saturated carbocycles. The highest BCUT2D eigenvalue weighted by molar-refractivity contribution is 5.82. The molecule has 0 spiro atoms. The van der Waals surface area contributed by atoms with Crippen molar-refractivity contribution < 1.29 is 4.74 Å². The number of fused-ring (bicyclic) bond motifs is 1. The molecule has 1 heterocycles. The molecule has 0 aliphatic heterocycles. The van der Waals surface area contributed by atoms with Crippen molar-refractivity contribution in [1.29, 1.82) is 0 Å². The van der Waals surface area contributed by atoms with Crippen molar-refractivity contribution in [2.75, 3.05) is 20.3 Å². The second-order valence-corrected chi connectivity index (χ2v) is 5.32. The number of hydrogen-bond donors (Lipinski definition) is 1. The molecule has 2 aromatic rings. The third-order valence-electron chi connectivity index (χ3n) is 3.59. The fourth-order valence-electron chi connectivity index (χ4n) is 2.75. The number of nitrogens with one attached hydrogen (secondary N) is 1. The Hall–Kier alpha value is -1.45. The third-order valence-corrected chi connectivity index (χ3v) is 3.59. The lowest BCUT2D eigenvalue weighted by Crippen LogP contribution is -2.24. The first-order valence-corrected chi connectivity index (χ1v) is 7.32. The number of pyridine rings is 1. The topological polar surface area (TPSA) is 34.1 Å². The summed E-state index contributed by atoms with van der Waals surface area (Å²) in [5, 5.41) is 4.84. The van der Waals surface area contributed by atoms with E-state index < -0.39 is 0 Å². The summed E-state index contributed by atoms with van der Waals surface area (Å²) in [6.45, 7) is 6.14. The summed E-state index contributed by atoms with van der Waals surface area (Å²) in [6, 6.07) is 10.9. The van der Waals surface area contributed by atoms with Crippen LogP contribution >= 0.6 is 0 Å². The lowest BCUT2D eigenvalue weighted by Gasteiger charge is -2.23. The highest BCUT2D eigenvalue weighted by atomic mass is 16.5. The smallest absolute Gasteiger partial charge is 0.0705 e. The predicted molar refractivity (Wildman–Crippen MR) is 83.8 cm³/mol. The van der Waals surface area contributed by atoms with Crippen LogP contribution in [0.2, 0.25) is 0 Å². The van der Waals surface area contributed by atoms with Crippen LogP contribution in [-0.2, 0) is 4.74 Å². The standard InChI is InChI=1S/C17H24N2O/c1-4-18-17(11-13(2)12-20-3)15-7-5-9-16-14(15)8-6-10-19-16/h5-10,13,17-18H,4,11-12H2,1-3H3. The van der Waals surface area contributed by atoms with Gasteiger partial charge in [0, 0.05) is 31.3 Å². The summed E-state index contributed by atoms with van der Waals surface area (Å²) in [5.74, 6) is 0.524. The van der Waals surface area contributed by atoms with Gasteiger partial charge >= 0.3 is 0 Å². The van der Waals surface area contributed by atoms with Crippen LogP contribution in [0.4, 0.5) is 0 Å².